The van der Waals surface area contributed by atoms with Crippen molar-refractivity contribution in [3.63, 3.8) is 0 Å². The van der Waals surface area contributed by atoms with Crippen LogP contribution in [0.3, 0.4) is 0 Å². The molecule has 1 amide bonds. The molecule has 21 heavy (non-hydrogen) atoms. The van der Waals surface area contributed by atoms with Crippen molar-refractivity contribution in [2.45, 2.75) is 53.0 Å². The summed E-state index contributed by atoms with van der Waals surface area (Å²) < 4.78 is 0. The van der Waals surface area contributed by atoms with Crippen LogP contribution in [0.4, 0.5) is 5.69 Å². The molecule has 2 aliphatic carbocycles. The number of benzene rings is 1. The van der Waals surface area contributed by atoms with Crippen molar-refractivity contribution in [1.82, 2.24) is 5.32 Å². The highest BCUT2D eigenvalue weighted by Gasteiger charge is 2.61. The maximum absolute atomic E-state index is 12.6. The summed E-state index contributed by atoms with van der Waals surface area (Å²) >= 11 is 0. The van der Waals surface area contributed by atoms with Crippen LogP contribution in [-0.4, -0.2) is 11.9 Å². The fourth-order valence-electron chi connectivity index (χ4n) is 4.56. The predicted molar refractivity (Wildman–Crippen MR) is 86.1 cm³/mol. The van der Waals surface area contributed by atoms with Gasteiger partial charge in [-0.25, -0.2) is 0 Å². The molecule has 0 heterocycles. The van der Waals surface area contributed by atoms with Crippen molar-refractivity contribution in [2.75, 3.05) is 5.73 Å². The lowest BCUT2D eigenvalue weighted by Crippen LogP contribution is -2.47. The van der Waals surface area contributed by atoms with Gasteiger partial charge in [-0.1, -0.05) is 26.8 Å². The second-order valence-corrected chi connectivity index (χ2v) is 7.66. The SMILES string of the molecule is Cc1c(N)cccc1C(=O)NC1CC2CCC1(C)C2(C)C. The molecule has 3 rings (SSSR count). The van der Waals surface area contributed by atoms with Gasteiger partial charge in [0.25, 0.3) is 5.91 Å². The molecule has 1 aromatic carbocycles. The second kappa shape index (κ2) is 4.49. The topological polar surface area (TPSA) is 55.1 Å². The molecule has 0 radical (unpaired) electrons. The summed E-state index contributed by atoms with van der Waals surface area (Å²) in [7, 11) is 0. The van der Waals surface area contributed by atoms with Crippen LogP contribution in [0.1, 0.15) is 56.0 Å². The van der Waals surface area contributed by atoms with Gasteiger partial charge in [-0.05, 0) is 60.6 Å². The van der Waals surface area contributed by atoms with E-state index in [1.165, 1.54) is 12.8 Å². The Balaban J connectivity index is 1.82. The third-order valence-electron chi connectivity index (χ3n) is 6.72. The zero-order valence-electron chi connectivity index (χ0n) is 13.5. The smallest absolute Gasteiger partial charge is 0.251 e. The van der Waals surface area contributed by atoms with E-state index >= 15 is 0 Å². The quantitative estimate of drug-likeness (QED) is 0.817. The first-order chi connectivity index (χ1) is 9.77. The Morgan fingerprint density at radius 1 is 1.33 bits per heavy atom. The highest BCUT2D eigenvalue weighted by atomic mass is 16.1. The Morgan fingerprint density at radius 3 is 2.62 bits per heavy atom. The van der Waals surface area contributed by atoms with E-state index in [2.05, 4.69) is 26.1 Å². The normalized spacial score (nSPS) is 33.1. The molecule has 3 heteroatoms. The number of anilines is 1. The lowest BCUT2D eigenvalue weighted by molar-refractivity contribution is 0.0825. The summed E-state index contributed by atoms with van der Waals surface area (Å²) in [6.07, 6.45) is 3.62. The lowest BCUT2D eigenvalue weighted by Gasteiger charge is -2.39. The Hall–Kier alpha value is -1.51. The Morgan fingerprint density at radius 2 is 2.05 bits per heavy atom. The molecule has 0 saturated heterocycles. The maximum atomic E-state index is 12.6. The Bertz CT molecular complexity index is 593. The number of nitrogens with one attached hydrogen (secondary N) is 1. The van der Waals surface area contributed by atoms with E-state index in [9.17, 15) is 4.79 Å². The van der Waals surface area contributed by atoms with E-state index < -0.39 is 0 Å². The van der Waals surface area contributed by atoms with Crippen molar-refractivity contribution in [3.8, 4) is 0 Å². The van der Waals surface area contributed by atoms with Gasteiger partial charge in [-0.3, -0.25) is 4.79 Å². The molecule has 3 unspecified atom stereocenters. The van der Waals surface area contributed by atoms with Crippen LogP contribution in [0, 0.1) is 23.7 Å². The lowest BCUT2D eigenvalue weighted by atomic mass is 9.69. The molecule has 3 N–H and O–H groups in total. The predicted octanol–water partition coefficient (Wildman–Crippen LogP) is 3.52. The Kier molecular flexibility index (Phi) is 3.09. The first-order valence-corrected chi connectivity index (χ1v) is 7.93. The van der Waals surface area contributed by atoms with Crippen LogP contribution in [0.5, 0.6) is 0 Å². The van der Waals surface area contributed by atoms with Gasteiger partial charge in [0.1, 0.15) is 0 Å². The van der Waals surface area contributed by atoms with Gasteiger partial charge >= 0.3 is 0 Å². The number of carbonyl (C=O) groups is 1. The maximum Gasteiger partial charge on any atom is 0.251 e. The van der Waals surface area contributed by atoms with Crippen molar-refractivity contribution in [1.29, 1.82) is 0 Å². The molecule has 3 atom stereocenters. The summed E-state index contributed by atoms with van der Waals surface area (Å²) in [6.45, 7) is 8.99. The molecular weight excluding hydrogens is 260 g/mol. The van der Waals surface area contributed by atoms with Crippen LogP contribution in [-0.2, 0) is 0 Å². The highest BCUT2D eigenvalue weighted by Crippen LogP contribution is 2.65. The van der Waals surface area contributed by atoms with E-state index in [1.807, 2.05) is 25.1 Å². The van der Waals surface area contributed by atoms with Gasteiger partial charge in [-0.15, -0.1) is 0 Å². The largest absolute Gasteiger partial charge is 0.398 e. The van der Waals surface area contributed by atoms with E-state index in [-0.39, 0.29) is 17.4 Å². The first kappa shape index (κ1) is 14.4. The third kappa shape index (κ3) is 1.90. The monoisotopic (exact) mass is 286 g/mol. The zero-order valence-corrected chi connectivity index (χ0v) is 13.5. The summed E-state index contributed by atoms with van der Waals surface area (Å²) in [5, 5.41) is 3.30. The van der Waals surface area contributed by atoms with E-state index in [0.717, 1.165) is 17.9 Å². The molecule has 2 saturated carbocycles. The molecule has 114 valence electrons. The van der Waals surface area contributed by atoms with Crippen molar-refractivity contribution < 1.29 is 4.79 Å². The molecule has 0 spiro atoms. The molecule has 2 fully saturated rings. The van der Waals surface area contributed by atoms with E-state index in [1.54, 1.807) is 0 Å². The van der Waals surface area contributed by atoms with Crippen LogP contribution in [0.25, 0.3) is 0 Å². The van der Waals surface area contributed by atoms with Crippen LogP contribution < -0.4 is 11.1 Å². The standard InChI is InChI=1S/C18H26N2O/c1-11-13(6-5-7-14(11)19)16(21)20-15-10-12-8-9-18(15,4)17(12,2)3/h5-7,12,15H,8-10,19H2,1-4H3,(H,20,21). The average molecular weight is 286 g/mol. The second-order valence-electron chi connectivity index (χ2n) is 7.66. The van der Waals surface area contributed by atoms with Gasteiger partial charge < -0.3 is 11.1 Å². The molecule has 1 aromatic rings. The number of rotatable bonds is 2. The first-order valence-electron chi connectivity index (χ1n) is 7.93. The minimum Gasteiger partial charge on any atom is -0.398 e. The van der Waals surface area contributed by atoms with Crippen molar-refractivity contribution >= 4 is 11.6 Å². The minimum atomic E-state index is 0.0226. The molecule has 0 aliphatic heterocycles. The van der Waals surface area contributed by atoms with Crippen molar-refractivity contribution in [2.24, 2.45) is 16.7 Å². The van der Waals surface area contributed by atoms with Gasteiger partial charge in [0.2, 0.25) is 0 Å². The van der Waals surface area contributed by atoms with E-state index in [0.29, 0.717) is 16.7 Å². The van der Waals surface area contributed by atoms with Gasteiger partial charge in [0.05, 0.1) is 0 Å². The van der Waals surface area contributed by atoms with Crippen LogP contribution in [0.2, 0.25) is 0 Å². The number of amides is 1. The highest BCUT2D eigenvalue weighted by molar-refractivity contribution is 5.97. The number of nitrogens with two attached hydrogens (primary N) is 1. The van der Waals surface area contributed by atoms with E-state index in [4.69, 9.17) is 5.73 Å². The van der Waals surface area contributed by atoms with Crippen LogP contribution in [0.15, 0.2) is 18.2 Å². The molecule has 0 aromatic heterocycles. The number of fused-ring (bicyclic) bond motifs is 2. The van der Waals surface area contributed by atoms with Crippen molar-refractivity contribution in [3.05, 3.63) is 29.3 Å². The molecule has 2 aliphatic rings. The minimum absolute atomic E-state index is 0.0226. The summed E-state index contributed by atoms with van der Waals surface area (Å²) in [4.78, 5) is 12.6. The number of hydrogen-bond acceptors (Lipinski definition) is 2. The summed E-state index contributed by atoms with van der Waals surface area (Å²) in [5.74, 6) is 0.754. The number of nitrogen functional groups attached to an aromatic ring is 1. The zero-order chi connectivity index (χ0) is 15.4. The molecular formula is C18H26N2O. The van der Waals surface area contributed by atoms with Crippen LogP contribution >= 0.6 is 0 Å². The number of hydrogen-bond donors (Lipinski definition) is 2. The van der Waals surface area contributed by atoms with Gasteiger partial charge in [0, 0.05) is 17.3 Å². The molecule has 3 nitrogen and oxygen atoms in total. The summed E-state index contributed by atoms with van der Waals surface area (Å²) in [5.41, 5.74) is 8.71. The van der Waals surface area contributed by atoms with Gasteiger partial charge in [0.15, 0.2) is 0 Å². The van der Waals surface area contributed by atoms with Gasteiger partial charge in [-0.2, -0.15) is 0 Å². The average Bonchev–Trinajstić information content (AvgIpc) is 2.75. The molecule has 2 bridgehead atoms. The third-order valence-corrected chi connectivity index (χ3v) is 6.72. The fourth-order valence-corrected chi connectivity index (χ4v) is 4.56. The number of carbonyl (C=O) groups excluding carboxylic acids is 1. The Labute approximate surface area is 127 Å². The summed E-state index contributed by atoms with van der Waals surface area (Å²) in [6, 6.07) is 5.83. The fraction of sp³-hybridized carbons (Fsp3) is 0.611.